The van der Waals surface area contributed by atoms with Gasteiger partial charge in [-0.2, -0.15) is 0 Å². The highest BCUT2D eigenvalue weighted by Crippen LogP contribution is 2.20. The number of benzene rings is 1. The van der Waals surface area contributed by atoms with Crippen LogP contribution < -0.4 is 10.6 Å². The Kier molecular flexibility index (Phi) is 11.2. The Hall–Kier alpha value is -1.88. The molecule has 1 atom stereocenters. The number of carbonyl (C=O) groups is 2. The van der Waals surface area contributed by atoms with E-state index in [1.54, 1.807) is 0 Å². The Bertz CT molecular complexity index is 775. The Morgan fingerprint density at radius 2 is 2.00 bits per heavy atom. The van der Waals surface area contributed by atoms with Gasteiger partial charge in [0.1, 0.15) is 6.10 Å². The summed E-state index contributed by atoms with van der Waals surface area (Å²) < 4.78 is 10.6. The van der Waals surface area contributed by atoms with E-state index in [-0.39, 0.29) is 47.9 Å². The number of nitrogens with one attached hydrogen (secondary N) is 2. The molecule has 178 valence electrons. The molecule has 9 heteroatoms. The Balaban J connectivity index is 0.00000363. The van der Waals surface area contributed by atoms with Crippen molar-refractivity contribution in [1.82, 2.24) is 10.2 Å². The van der Waals surface area contributed by atoms with Crippen LogP contribution in [0.1, 0.15) is 45.1 Å². The SMILES string of the molecule is CCNC(=NCc1cccc(NC(=O)C2CCCO2)c1)N1CCC(C(=O)OCC)CC1.I. The summed E-state index contributed by atoms with van der Waals surface area (Å²) in [5, 5.41) is 6.29. The highest BCUT2D eigenvalue weighted by Gasteiger charge is 2.27. The lowest BCUT2D eigenvalue weighted by Gasteiger charge is -2.33. The number of halogens is 1. The van der Waals surface area contributed by atoms with E-state index in [4.69, 9.17) is 14.5 Å². The highest BCUT2D eigenvalue weighted by atomic mass is 127. The third-order valence-corrected chi connectivity index (χ3v) is 5.58. The van der Waals surface area contributed by atoms with E-state index in [0.29, 0.717) is 19.8 Å². The monoisotopic (exact) mass is 558 g/mol. The first-order chi connectivity index (χ1) is 15.1. The quantitative estimate of drug-likeness (QED) is 0.231. The van der Waals surface area contributed by atoms with Gasteiger partial charge in [0.15, 0.2) is 5.96 Å². The summed E-state index contributed by atoms with van der Waals surface area (Å²) in [6.45, 7) is 7.78. The highest BCUT2D eigenvalue weighted by molar-refractivity contribution is 14.0. The molecule has 1 unspecified atom stereocenters. The van der Waals surface area contributed by atoms with Gasteiger partial charge in [0.05, 0.1) is 19.1 Å². The van der Waals surface area contributed by atoms with E-state index < -0.39 is 0 Å². The van der Waals surface area contributed by atoms with E-state index in [1.165, 1.54) is 0 Å². The lowest BCUT2D eigenvalue weighted by molar-refractivity contribution is -0.149. The van der Waals surface area contributed by atoms with E-state index >= 15 is 0 Å². The molecule has 2 saturated heterocycles. The van der Waals surface area contributed by atoms with Gasteiger partial charge in [-0.1, -0.05) is 12.1 Å². The number of hydrogen-bond donors (Lipinski definition) is 2. The van der Waals surface area contributed by atoms with Crippen molar-refractivity contribution < 1.29 is 19.1 Å². The zero-order valence-electron chi connectivity index (χ0n) is 19.0. The van der Waals surface area contributed by atoms with Gasteiger partial charge in [0.25, 0.3) is 5.91 Å². The number of amides is 1. The van der Waals surface area contributed by atoms with E-state index in [9.17, 15) is 9.59 Å². The maximum Gasteiger partial charge on any atom is 0.309 e. The van der Waals surface area contributed by atoms with E-state index in [2.05, 4.69) is 15.5 Å². The zero-order valence-corrected chi connectivity index (χ0v) is 21.3. The largest absolute Gasteiger partial charge is 0.466 e. The van der Waals surface area contributed by atoms with Crippen LogP contribution in [0, 0.1) is 5.92 Å². The average molecular weight is 558 g/mol. The normalized spacial score (nSPS) is 19.2. The number of esters is 1. The van der Waals surface area contributed by atoms with Gasteiger partial charge in [-0.25, -0.2) is 4.99 Å². The second kappa shape index (κ2) is 13.6. The number of guanidine groups is 1. The van der Waals surface area contributed by atoms with E-state index in [1.807, 2.05) is 38.1 Å². The summed E-state index contributed by atoms with van der Waals surface area (Å²) in [5.74, 6) is 0.642. The molecule has 1 aromatic rings. The third kappa shape index (κ3) is 7.61. The van der Waals surface area contributed by atoms with Crippen molar-refractivity contribution in [3.8, 4) is 0 Å². The second-order valence-electron chi connectivity index (χ2n) is 7.87. The number of piperidine rings is 1. The molecule has 0 aliphatic carbocycles. The molecule has 0 aromatic heterocycles. The van der Waals surface area contributed by atoms with Crippen molar-refractivity contribution in [2.24, 2.45) is 10.9 Å². The molecule has 2 aliphatic rings. The molecule has 1 amide bonds. The van der Waals surface area contributed by atoms with Gasteiger partial charge < -0.3 is 25.0 Å². The second-order valence-corrected chi connectivity index (χ2v) is 7.87. The van der Waals surface area contributed by atoms with Crippen LogP contribution in [-0.2, 0) is 25.6 Å². The topological polar surface area (TPSA) is 92.3 Å². The summed E-state index contributed by atoms with van der Waals surface area (Å²) in [4.78, 5) is 31.3. The van der Waals surface area contributed by atoms with E-state index in [0.717, 1.165) is 62.5 Å². The summed E-state index contributed by atoms with van der Waals surface area (Å²) in [7, 11) is 0. The molecule has 0 bridgehead atoms. The molecule has 2 N–H and O–H groups in total. The zero-order chi connectivity index (χ0) is 22.1. The van der Waals surface area contributed by atoms with Crippen LogP contribution in [0.3, 0.4) is 0 Å². The fourth-order valence-corrected chi connectivity index (χ4v) is 3.93. The minimum absolute atomic E-state index is 0. The number of anilines is 1. The molecule has 0 radical (unpaired) electrons. The summed E-state index contributed by atoms with van der Waals surface area (Å²) in [6, 6.07) is 7.76. The number of nitrogens with zero attached hydrogens (tertiary/aromatic N) is 2. The molecular formula is C23H35IN4O4. The van der Waals surface area contributed by atoms with Gasteiger partial charge in [-0.05, 0) is 57.2 Å². The van der Waals surface area contributed by atoms with Gasteiger partial charge in [0, 0.05) is 31.9 Å². The Morgan fingerprint density at radius 3 is 2.66 bits per heavy atom. The van der Waals surface area contributed by atoms with Crippen molar-refractivity contribution in [2.75, 3.05) is 38.2 Å². The fourth-order valence-electron chi connectivity index (χ4n) is 3.93. The molecule has 3 rings (SSSR count). The van der Waals surface area contributed by atoms with Crippen LogP contribution in [0.2, 0.25) is 0 Å². The molecule has 32 heavy (non-hydrogen) atoms. The Labute approximate surface area is 207 Å². The van der Waals surface area contributed by atoms with Crippen molar-refractivity contribution in [3.63, 3.8) is 0 Å². The number of aliphatic imine (C=N–C) groups is 1. The average Bonchev–Trinajstić information content (AvgIpc) is 3.32. The molecular weight excluding hydrogens is 523 g/mol. The number of hydrogen-bond acceptors (Lipinski definition) is 5. The summed E-state index contributed by atoms with van der Waals surface area (Å²) in [5.41, 5.74) is 1.77. The van der Waals surface area contributed by atoms with Crippen LogP contribution in [-0.4, -0.2) is 61.7 Å². The first-order valence-electron chi connectivity index (χ1n) is 11.3. The summed E-state index contributed by atoms with van der Waals surface area (Å²) in [6.07, 6.45) is 2.90. The molecule has 2 aliphatic heterocycles. The number of ether oxygens (including phenoxy) is 2. The maximum absolute atomic E-state index is 12.3. The molecule has 2 heterocycles. The minimum atomic E-state index is -0.348. The van der Waals surface area contributed by atoms with Crippen molar-refractivity contribution >= 4 is 47.5 Å². The molecule has 1 aromatic carbocycles. The third-order valence-electron chi connectivity index (χ3n) is 5.58. The van der Waals surface area contributed by atoms with Crippen LogP contribution >= 0.6 is 24.0 Å². The molecule has 0 spiro atoms. The van der Waals surface area contributed by atoms with Crippen molar-refractivity contribution in [2.45, 2.75) is 52.2 Å². The number of rotatable bonds is 7. The minimum Gasteiger partial charge on any atom is -0.466 e. The van der Waals surface area contributed by atoms with Crippen molar-refractivity contribution in [3.05, 3.63) is 29.8 Å². The standard InChI is InChI=1S/C23H34N4O4.HI/c1-3-24-23(27-12-10-18(11-13-27)22(29)30-4-2)25-16-17-7-5-8-19(15-17)26-21(28)20-9-6-14-31-20;/h5,7-8,15,18,20H,3-4,6,9-14,16H2,1-2H3,(H,24,25)(H,26,28);1H. The van der Waals surface area contributed by atoms with Gasteiger partial charge in [-0.3, -0.25) is 9.59 Å². The van der Waals surface area contributed by atoms with Crippen LogP contribution in [0.5, 0.6) is 0 Å². The van der Waals surface area contributed by atoms with Gasteiger partial charge >= 0.3 is 5.97 Å². The first-order valence-corrected chi connectivity index (χ1v) is 11.3. The van der Waals surface area contributed by atoms with Gasteiger partial charge in [0.2, 0.25) is 0 Å². The Morgan fingerprint density at radius 1 is 1.22 bits per heavy atom. The smallest absolute Gasteiger partial charge is 0.309 e. The lowest BCUT2D eigenvalue weighted by Crippen LogP contribution is -2.46. The maximum atomic E-state index is 12.3. The van der Waals surface area contributed by atoms with Crippen LogP contribution in [0.25, 0.3) is 0 Å². The number of carbonyl (C=O) groups excluding carboxylic acids is 2. The van der Waals surface area contributed by atoms with Crippen LogP contribution in [0.15, 0.2) is 29.3 Å². The predicted molar refractivity (Wildman–Crippen MR) is 135 cm³/mol. The lowest BCUT2D eigenvalue weighted by atomic mass is 9.97. The fraction of sp³-hybridized carbons (Fsp3) is 0.609. The molecule has 0 saturated carbocycles. The first kappa shape index (κ1) is 26.4. The van der Waals surface area contributed by atoms with Crippen LogP contribution in [0.4, 0.5) is 5.69 Å². The summed E-state index contributed by atoms with van der Waals surface area (Å²) >= 11 is 0. The molecule has 8 nitrogen and oxygen atoms in total. The predicted octanol–water partition coefficient (Wildman–Crippen LogP) is 3.16. The van der Waals surface area contributed by atoms with Crippen molar-refractivity contribution in [1.29, 1.82) is 0 Å². The number of likely N-dealkylation sites (tertiary alicyclic amines) is 1. The van der Waals surface area contributed by atoms with Gasteiger partial charge in [-0.15, -0.1) is 24.0 Å². The molecule has 2 fully saturated rings.